The van der Waals surface area contributed by atoms with Crippen molar-refractivity contribution in [3.63, 3.8) is 0 Å². The molecule has 0 amide bonds. The Bertz CT molecular complexity index is 214. The van der Waals surface area contributed by atoms with Gasteiger partial charge in [-0.2, -0.15) is 0 Å². The van der Waals surface area contributed by atoms with Crippen molar-refractivity contribution in [1.82, 2.24) is 0 Å². The van der Waals surface area contributed by atoms with E-state index in [1.54, 1.807) is 0 Å². The second kappa shape index (κ2) is 9.02. The van der Waals surface area contributed by atoms with E-state index >= 15 is 0 Å². The fraction of sp³-hybridized carbons (Fsp3) is 0.846. The van der Waals surface area contributed by atoms with Crippen molar-refractivity contribution >= 4 is 11.9 Å². The summed E-state index contributed by atoms with van der Waals surface area (Å²) >= 11 is 0. The molecule has 0 aliphatic rings. The third kappa shape index (κ3) is 8.72. The molecule has 4 heteroatoms. The Balaban J connectivity index is 3.62. The molecule has 0 heterocycles. The Morgan fingerprint density at radius 3 is 1.53 bits per heavy atom. The maximum atomic E-state index is 11.3. The van der Waals surface area contributed by atoms with Crippen molar-refractivity contribution in [1.29, 1.82) is 0 Å². The van der Waals surface area contributed by atoms with E-state index in [1.165, 1.54) is 0 Å². The molecule has 0 rings (SSSR count). The number of carbonyl (C=O) groups excluding carboxylic acids is 2. The highest BCUT2D eigenvalue weighted by Crippen LogP contribution is 2.05. The molecule has 0 radical (unpaired) electrons. The number of rotatable bonds is 8. The summed E-state index contributed by atoms with van der Waals surface area (Å²) in [6, 6.07) is 0. The molecule has 4 nitrogen and oxygen atoms in total. The van der Waals surface area contributed by atoms with Crippen LogP contribution in [0.1, 0.15) is 59.8 Å². The van der Waals surface area contributed by atoms with Gasteiger partial charge in [-0.15, -0.1) is 0 Å². The molecule has 0 spiro atoms. The zero-order valence-electron chi connectivity index (χ0n) is 11.3. The normalized spacial score (nSPS) is 13.9. The SMILES string of the molecule is CCC(C)OC(=O)CCCC(=O)OC(C)CC. The summed E-state index contributed by atoms with van der Waals surface area (Å²) in [6.07, 6.45) is 2.57. The minimum Gasteiger partial charge on any atom is -0.463 e. The topological polar surface area (TPSA) is 52.6 Å². The van der Waals surface area contributed by atoms with E-state index in [4.69, 9.17) is 9.47 Å². The van der Waals surface area contributed by atoms with Gasteiger partial charge in [-0.1, -0.05) is 13.8 Å². The Hall–Kier alpha value is -1.06. The van der Waals surface area contributed by atoms with Crippen molar-refractivity contribution < 1.29 is 19.1 Å². The van der Waals surface area contributed by atoms with Crippen LogP contribution in [-0.4, -0.2) is 24.1 Å². The van der Waals surface area contributed by atoms with Crippen molar-refractivity contribution in [2.24, 2.45) is 0 Å². The predicted octanol–water partition coefficient (Wildman–Crippen LogP) is 2.84. The van der Waals surface area contributed by atoms with Crippen molar-refractivity contribution in [3.8, 4) is 0 Å². The van der Waals surface area contributed by atoms with E-state index in [0.717, 1.165) is 12.8 Å². The minimum absolute atomic E-state index is 0.0467. The van der Waals surface area contributed by atoms with E-state index in [9.17, 15) is 9.59 Å². The zero-order valence-corrected chi connectivity index (χ0v) is 11.3. The van der Waals surface area contributed by atoms with Crippen LogP contribution < -0.4 is 0 Å². The molecule has 0 aromatic rings. The van der Waals surface area contributed by atoms with Crippen LogP contribution in [0.15, 0.2) is 0 Å². The molecule has 0 saturated carbocycles. The number of hydrogen-bond donors (Lipinski definition) is 0. The minimum atomic E-state index is -0.240. The average Bonchev–Trinajstić information content (AvgIpc) is 2.28. The lowest BCUT2D eigenvalue weighted by Crippen LogP contribution is -2.16. The van der Waals surface area contributed by atoms with Gasteiger partial charge in [0.25, 0.3) is 0 Å². The molecule has 0 aromatic heterocycles. The van der Waals surface area contributed by atoms with Crippen molar-refractivity contribution in [2.75, 3.05) is 0 Å². The van der Waals surface area contributed by atoms with E-state index in [1.807, 2.05) is 27.7 Å². The van der Waals surface area contributed by atoms with Crippen LogP contribution in [-0.2, 0) is 19.1 Å². The second-order valence-electron chi connectivity index (χ2n) is 4.27. The highest BCUT2D eigenvalue weighted by atomic mass is 16.5. The zero-order chi connectivity index (χ0) is 13.3. The van der Waals surface area contributed by atoms with Gasteiger partial charge in [0.1, 0.15) is 0 Å². The molecule has 0 bridgehead atoms. The number of hydrogen-bond acceptors (Lipinski definition) is 4. The lowest BCUT2D eigenvalue weighted by Gasteiger charge is -2.11. The lowest BCUT2D eigenvalue weighted by atomic mass is 10.2. The molecule has 0 N–H and O–H groups in total. The predicted molar refractivity (Wildman–Crippen MR) is 65.5 cm³/mol. The maximum Gasteiger partial charge on any atom is 0.306 e. The van der Waals surface area contributed by atoms with Gasteiger partial charge < -0.3 is 9.47 Å². The summed E-state index contributed by atoms with van der Waals surface area (Å²) in [7, 11) is 0. The summed E-state index contributed by atoms with van der Waals surface area (Å²) in [4.78, 5) is 22.6. The maximum absolute atomic E-state index is 11.3. The Morgan fingerprint density at radius 2 is 1.24 bits per heavy atom. The molecule has 0 saturated heterocycles. The molecule has 17 heavy (non-hydrogen) atoms. The van der Waals surface area contributed by atoms with Gasteiger partial charge in [-0.05, 0) is 33.1 Å². The molecule has 0 aromatic carbocycles. The molecule has 2 atom stereocenters. The fourth-order valence-electron chi connectivity index (χ4n) is 1.11. The summed E-state index contributed by atoms with van der Waals surface area (Å²) in [5.74, 6) is -0.480. The van der Waals surface area contributed by atoms with Crippen LogP contribution in [0.3, 0.4) is 0 Å². The Morgan fingerprint density at radius 1 is 0.882 bits per heavy atom. The van der Waals surface area contributed by atoms with Gasteiger partial charge in [-0.25, -0.2) is 0 Å². The smallest absolute Gasteiger partial charge is 0.306 e. The standard InChI is InChI=1S/C13H24O4/c1-5-10(3)16-12(14)8-7-9-13(15)17-11(4)6-2/h10-11H,5-9H2,1-4H3. The summed E-state index contributed by atoms with van der Waals surface area (Å²) < 4.78 is 10.2. The average molecular weight is 244 g/mol. The van der Waals surface area contributed by atoms with Crippen molar-refractivity contribution in [3.05, 3.63) is 0 Å². The number of carbonyl (C=O) groups is 2. The monoisotopic (exact) mass is 244 g/mol. The second-order valence-corrected chi connectivity index (χ2v) is 4.27. The van der Waals surface area contributed by atoms with Crippen LogP contribution in [0.4, 0.5) is 0 Å². The number of ether oxygens (including phenoxy) is 2. The summed E-state index contributed by atoms with van der Waals surface area (Å²) in [6.45, 7) is 7.63. The third-order valence-electron chi connectivity index (χ3n) is 2.58. The van der Waals surface area contributed by atoms with Gasteiger partial charge in [0, 0.05) is 12.8 Å². The first-order valence-electron chi connectivity index (χ1n) is 6.38. The lowest BCUT2D eigenvalue weighted by molar-refractivity contribution is -0.150. The van der Waals surface area contributed by atoms with E-state index in [0.29, 0.717) is 6.42 Å². The van der Waals surface area contributed by atoms with Crippen LogP contribution in [0.2, 0.25) is 0 Å². The first kappa shape index (κ1) is 15.9. The summed E-state index contributed by atoms with van der Waals surface area (Å²) in [5, 5.41) is 0. The van der Waals surface area contributed by atoms with Crippen LogP contribution >= 0.6 is 0 Å². The van der Waals surface area contributed by atoms with Gasteiger partial charge in [-0.3, -0.25) is 9.59 Å². The first-order chi connectivity index (χ1) is 7.99. The molecular weight excluding hydrogens is 220 g/mol. The number of esters is 2. The molecule has 0 aliphatic carbocycles. The first-order valence-corrected chi connectivity index (χ1v) is 6.38. The van der Waals surface area contributed by atoms with Gasteiger partial charge in [0.05, 0.1) is 12.2 Å². The fourth-order valence-corrected chi connectivity index (χ4v) is 1.11. The van der Waals surface area contributed by atoms with Gasteiger partial charge in [0.15, 0.2) is 0 Å². The Kier molecular flexibility index (Phi) is 8.46. The molecule has 0 aliphatic heterocycles. The quantitative estimate of drug-likeness (QED) is 0.616. The Labute approximate surface area is 104 Å². The van der Waals surface area contributed by atoms with Crippen LogP contribution in [0, 0.1) is 0 Å². The molecular formula is C13H24O4. The van der Waals surface area contributed by atoms with Gasteiger partial charge in [0.2, 0.25) is 0 Å². The molecule has 0 fully saturated rings. The third-order valence-corrected chi connectivity index (χ3v) is 2.58. The highest BCUT2D eigenvalue weighted by Gasteiger charge is 2.11. The molecule has 2 unspecified atom stereocenters. The van der Waals surface area contributed by atoms with E-state index < -0.39 is 0 Å². The van der Waals surface area contributed by atoms with Crippen LogP contribution in [0.25, 0.3) is 0 Å². The summed E-state index contributed by atoms with van der Waals surface area (Å²) in [5.41, 5.74) is 0. The van der Waals surface area contributed by atoms with Crippen LogP contribution in [0.5, 0.6) is 0 Å². The van der Waals surface area contributed by atoms with Gasteiger partial charge >= 0.3 is 11.9 Å². The highest BCUT2D eigenvalue weighted by molar-refractivity contribution is 5.72. The van der Waals surface area contributed by atoms with Crippen molar-refractivity contribution in [2.45, 2.75) is 72.0 Å². The van der Waals surface area contributed by atoms with E-state index in [-0.39, 0.29) is 37.0 Å². The largest absolute Gasteiger partial charge is 0.463 e. The van der Waals surface area contributed by atoms with E-state index in [2.05, 4.69) is 0 Å². The molecule has 100 valence electrons.